The molecule has 0 radical (unpaired) electrons. The number of benzene rings is 3. The molecule has 3 rings (SSSR count). The van der Waals surface area contributed by atoms with Gasteiger partial charge in [0.2, 0.25) is 0 Å². The molecule has 3 heteroatoms. The van der Waals surface area contributed by atoms with Crippen molar-refractivity contribution in [3.63, 3.8) is 0 Å². The minimum atomic E-state index is -0.271. The van der Waals surface area contributed by atoms with Gasteiger partial charge in [0.1, 0.15) is 5.82 Å². The average Bonchev–Trinajstić information content (AvgIpc) is 2.55. The zero-order chi connectivity index (χ0) is 15.5. The van der Waals surface area contributed by atoms with Gasteiger partial charge in [-0.25, -0.2) is 4.39 Å². The van der Waals surface area contributed by atoms with Crippen LogP contribution in [0.15, 0.2) is 66.7 Å². The maximum Gasteiger partial charge on any atom is 0.254 e. The quantitative estimate of drug-likeness (QED) is 0.707. The lowest BCUT2D eigenvalue weighted by atomic mass is 10.0. The molecule has 110 valence electrons. The van der Waals surface area contributed by atoms with Crippen molar-refractivity contribution in [3.8, 4) is 0 Å². The number of halogens is 1. The van der Waals surface area contributed by atoms with Gasteiger partial charge >= 0.3 is 0 Å². The maximum absolute atomic E-state index is 12.9. The monoisotopic (exact) mass is 293 g/mol. The minimum Gasteiger partial charge on any atom is -0.337 e. The first-order valence-electron chi connectivity index (χ1n) is 7.13. The molecule has 3 aromatic rings. The summed E-state index contributed by atoms with van der Waals surface area (Å²) in [5.41, 5.74) is 1.58. The normalized spacial score (nSPS) is 10.6. The smallest absolute Gasteiger partial charge is 0.254 e. The van der Waals surface area contributed by atoms with E-state index in [-0.39, 0.29) is 11.7 Å². The van der Waals surface area contributed by atoms with Crippen molar-refractivity contribution < 1.29 is 9.18 Å². The first-order chi connectivity index (χ1) is 10.6. The molecule has 0 saturated carbocycles. The first-order valence-corrected chi connectivity index (χ1v) is 7.13. The first kappa shape index (κ1) is 14.3. The maximum atomic E-state index is 12.9. The van der Waals surface area contributed by atoms with Gasteiger partial charge in [-0.1, -0.05) is 48.5 Å². The molecule has 0 spiro atoms. The third-order valence-corrected chi connectivity index (χ3v) is 3.70. The summed E-state index contributed by atoms with van der Waals surface area (Å²) < 4.78 is 12.9. The van der Waals surface area contributed by atoms with E-state index in [0.717, 1.165) is 16.3 Å². The van der Waals surface area contributed by atoms with Gasteiger partial charge in [-0.2, -0.15) is 0 Å². The Morgan fingerprint density at radius 2 is 1.64 bits per heavy atom. The average molecular weight is 293 g/mol. The predicted octanol–water partition coefficient (Wildman–Crippen LogP) is 4.25. The second-order valence-corrected chi connectivity index (χ2v) is 5.31. The summed E-state index contributed by atoms with van der Waals surface area (Å²) in [6.07, 6.45) is 0. The van der Waals surface area contributed by atoms with Crippen LogP contribution in [0.3, 0.4) is 0 Å². The van der Waals surface area contributed by atoms with Gasteiger partial charge in [0.25, 0.3) is 5.91 Å². The molecule has 0 aliphatic rings. The van der Waals surface area contributed by atoms with Gasteiger partial charge in [-0.15, -0.1) is 0 Å². The molecule has 0 aliphatic heterocycles. The molecular formula is C19H16FNO. The Labute approximate surface area is 128 Å². The summed E-state index contributed by atoms with van der Waals surface area (Å²) in [7, 11) is 1.76. The summed E-state index contributed by atoms with van der Waals surface area (Å²) in [5.74, 6) is -0.312. The van der Waals surface area contributed by atoms with Crippen molar-refractivity contribution in [2.75, 3.05) is 7.05 Å². The number of fused-ring (bicyclic) bond motifs is 1. The third-order valence-electron chi connectivity index (χ3n) is 3.70. The largest absolute Gasteiger partial charge is 0.337 e. The van der Waals surface area contributed by atoms with Crippen molar-refractivity contribution in [3.05, 3.63) is 83.7 Å². The van der Waals surface area contributed by atoms with Gasteiger partial charge in [0.05, 0.1) is 0 Å². The fraction of sp³-hybridized carbons (Fsp3) is 0.105. The summed E-state index contributed by atoms with van der Waals surface area (Å²) >= 11 is 0. The standard InChI is InChI=1S/C19H16FNO/c1-21(13-14-9-11-16(20)12-10-14)19(22)18-8-4-6-15-5-2-3-7-17(15)18/h2-12H,13H2,1H3. The van der Waals surface area contributed by atoms with Gasteiger partial charge in [0.15, 0.2) is 0 Å². The predicted molar refractivity (Wildman–Crippen MR) is 86.1 cm³/mol. The topological polar surface area (TPSA) is 20.3 Å². The molecule has 0 heterocycles. The molecule has 0 fully saturated rings. The van der Waals surface area contributed by atoms with Crippen molar-refractivity contribution in [1.82, 2.24) is 4.90 Å². The second-order valence-electron chi connectivity index (χ2n) is 5.31. The number of carbonyl (C=O) groups is 1. The number of nitrogens with zero attached hydrogens (tertiary/aromatic N) is 1. The van der Waals surface area contributed by atoms with Crippen molar-refractivity contribution in [1.29, 1.82) is 0 Å². The van der Waals surface area contributed by atoms with Crippen LogP contribution in [-0.2, 0) is 6.54 Å². The highest BCUT2D eigenvalue weighted by molar-refractivity contribution is 6.06. The summed E-state index contributed by atoms with van der Waals surface area (Å²) in [6.45, 7) is 0.447. The van der Waals surface area contributed by atoms with Crippen LogP contribution < -0.4 is 0 Å². The molecule has 3 aromatic carbocycles. The number of amides is 1. The lowest BCUT2D eigenvalue weighted by molar-refractivity contribution is 0.0787. The lowest BCUT2D eigenvalue weighted by Gasteiger charge is -2.18. The van der Waals surface area contributed by atoms with Crippen LogP contribution in [0, 0.1) is 5.82 Å². The summed E-state index contributed by atoms with van der Waals surface area (Å²) in [4.78, 5) is 14.3. The van der Waals surface area contributed by atoms with Crippen LogP contribution in [0.5, 0.6) is 0 Å². The van der Waals surface area contributed by atoms with Gasteiger partial charge in [0, 0.05) is 19.2 Å². The molecule has 0 aromatic heterocycles. The van der Waals surface area contributed by atoms with Crippen LogP contribution in [0.4, 0.5) is 4.39 Å². The summed E-state index contributed by atoms with van der Waals surface area (Å²) in [6, 6.07) is 19.8. The SMILES string of the molecule is CN(Cc1ccc(F)cc1)C(=O)c1cccc2ccccc12. The minimum absolute atomic E-state index is 0.0406. The highest BCUT2D eigenvalue weighted by atomic mass is 19.1. The fourth-order valence-electron chi connectivity index (χ4n) is 2.55. The Bertz CT molecular complexity index is 806. The van der Waals surface area contributed by atoms with Gasteiger partial charge < -0.3 is 4.90 Å². The highest BCUT2D eigenvalue weighted by Crippen LogP contribution is 2.20. The zero-order valence-electron chi connectivity index (χ0n) is 12.3. The third kappa shape index (κ3) is 2.84. The molecule has 0 bridgehead atoms. The molecular weight excluding hydrogens is 277 g/mol. The van der Waals surface area contributed by atoms with Gasteiger partial charge in [-0.3, -0.25) is 4.79 Å². The van der Waals surface area contributed by atoms with E-state index in [9.17, 15) is 9.18 Å². The Kier molecular flexibility index (Phi) is 3.88. The van der Waals surface area contributed by atoms with Crippen LogP contribution in [0.2, 0.25) is 0 Å². The van der Waals surface area contributed by atoms with E-state index in [4.69, 9.17) is 0 Å². The molecule has 0 aliphatic carbocycles. The van der Waals surface area contributed by atoms with E-state index in [0.29, 0.717) is 12.1 Å². The van der Waals surface area contributed by atoms with Crippen molar-refractivity contribution in [2.45, 2.75) is 6.54 Å². The molecule has 2 nitrogen and oxygen atoms in total. The Morgan fingerprint density at radius 3 is 2.41 bits per heavy atom. The lowest BCUT2D eigenvalue weighted by Crippen LogP contribution is -2.26. The summed E-state index contributed by atoms with van der Waals surface area (Å²) in [5, 5.41) is 1.99. The van der Waals surface area contributed by atoms with E-state index in [1.807, 2.05) is 42.5 Å². The Balaban J connectivity index is 1.87. The van der Waals surface area contributed by atoms with Crippen molar-refractivity contribution >= 4 is 16.7 Å². The number of carbonyl (C=O) groups excluding carboxylic acids is 1. The molecule has 0 saturated heterocycles. The van der Waals surface area contributed by atoms with Crippen LogP contribution in [-0.4, -0.2) is 17.9 Å². The van der Waals surface area contributed by atoms with Crippen LogP contribution >= 0.6 is 0 Å². The Morgan fingerprint density at radius 1 is 0.955 bits per heavy atom. The number of hydrogen-bond acceptors (Lipinski definition) is 1. The molecule has 22 heavy (non-hydrogen) atoms. The molecule has 0 N–H and O–H groups in total. The second kappa shape index (κ2) is 5.98. The number of hydrogen-bond donors (Lipinski definition) is 0. The highest BCUT2D eigenvalue weighted by Gasteiger charge is 2.14. The van der Waals surface area contributed by atoms with E-state index in [1.165, 1.54) is 12.1 Å². The van der Waals surface area contributed by atoms with Crippen LogP contribution in [0.1, 0.15) is 15.9 Å². The molecule has 1 amide bonds. The van der Waals surface area contributed by atoms with Gasteiger partial charge in [-0.05, 0) is 34.5 Å². The number of rotatable bonds is 3. The molecule has 0 atom stereocenters. The van der Waals surface area contributed by atoms with E-state index >= 15 is 0 Å². The van der Waals surface area contributed by atoms with Crippen molar-refractivity contribution in [2.24, 2.45) is 0 Å². The van der Waals surface area contributed by atoms with E-state index < -0.39 is 0 Å². The fourth-order valence-corrected chi connectivity index (χ4v) is 2.55. The Hall–Kier alpha value is -2.68. The van der Waals surface area contributed by atoms with E-state index in [2.05, 4.69) is 0 Å². The van der Waals surface area contributed by atoms with Crippen LogP contribution in [0.25, 0.3) is 10.8 Å². The van der Waals surface area contributed by atoms with E-state index in [1.54, 1.807) is 24.1 Å². The molecule has 0 unspecified atom stereocenters. The zero-order valence-corrected chi connectivity index (χ0v) is 12.3.